The molecule has 5 nitrogen and oxygen atoms in total. The van der Waals surface area contributed by atoms with Crippen LogP contribution in [0.5, 0.6) is 0 Å². The average molecular weight is 396 g/mol. The minimum absolute atomic E-state index is 0.340. The fourth-order valence-electron chi connectivity index (χ4n) is 1.57. The Labute approximate surface area is 143 Å². The molecule has 0 saturated heterocycles. The summed E-state index contributed by atoms with van der Waals surface area (Å²) < 4.78 is 82.1. The fraction of sp³-hybridized carbons (Fsp3) is 0.200. The zero-order chi connectivity index (χ0) is 19.5. The Morgan fingerprint density at radius 2 is 0.960 bits per heavy atom. The van der Waals surface area contributed by atoms with Gasteiger partial charge in [0.25, 0.3) is 0 Å². The van der Waals surface area contributed by atoms with Gasteiger partial charge in [-0.1, -0.05) is 35.4 Å². The van der Waals surface area contributed by atoms with Crippen LogP contribution >= 0.6 is 0 Å². The van der Waals surface area contributed by atoms with Crippen molar-refractivity contribution in [1.29, 1.82) is 0 Å². The summed E-state index contributed by atoms with van der Waals surface area (Å²) in [6.07, 6.45) is 0. The van der Waals surface area contributed by atoms with E-state index in [1.165, 1.54) is 0 Å². The summed E-state index contributed by atoms with van der Waals surface area (Å²) in [4.78, 5) is 0.680. The largest absolute Gasteiger partial charge is 0.522 e. The number of benzene rings is 2. The summed E-state index contributed by atoms with van der Waals surface area (Å²) in [6, 6.07) is 13.8. The number of halogens is 3. The molecule has 0 heterocycles. The van der Waals surface area contributed by atoms with E-state index in [1.807, 2.05) is 13.8 Å². The van der Waals surface area contributed by atoms with Crippen LogP contribution in [0.3, 0.4) is 0 Å². The molecular formula is C15H15F3O5S2. The lowest BCUT2D eigenvalue weighted by atomic mass is 10.2. The molecule has 2 rings (SSSR count). The quantitative estimate of drug-likeness (QED) is 0.620. The van der Waals surface area contributed by atoms with Gasteiger partial charge >= 0.3 is 15.6 Å². The van der Waals surface area contributed by atoms with Crippen molar-refractivity contribution in [2.24, 2.45) is 0 Å². The molecule has 0 fully saturated rings. The topological polar surface area (TPSA) is 88.5 Å². The first-order valence-electron chi connectivity index (χ1n) is 6.67. The summed E-state index contributed by atoms with van der Waals surface area (Å²) in [5, 5.41) is 0. The predicted molar refractivity (Wildman–Crippen MR) is 85.4 cm³/mol. The smallest absolute Gasteiger partial charge is 0.279 e. The first-order chi connectivity index (χ1) is 11.2. The molecule has 10 heteroatoms. The van der Waals surface area contributed by atoms with Gasteiger partial charge in [0, 0.05) is 0 Å². The molecule has 0 amide bonds. The summed E-state index contributed by atoms with van der Waals surface area (Å²) in [6.45, 7) is 3.87. The standard InChI is InChI=1S/C14H14O2S.CHF3O3S/c1-11-3-7-13(8-4-11)17(15,16)14-9-5-12(2)6-10-14;2-1(3,4)8(5,6)7/h3-10H,1-2H3;(H,5,6,7). The van der Waals surface area contributed by atoms with E-state index >= 15 is 0 Å². The molecule has 2 aromatic carbocycles. The molecule has 0 spiro atoms. The van der Waals surface area contributed by atoms with Crippen molar-refractivity contribution in [2.75, 3.05) is 0 Å². The maximum atomic E-state index is 12.3. The minimum Gasteiger partial charge on any atom is -0.279 e. The zero-order valence-electron chi connectivity index (χ0n) is 13.1. The highest BCUT2D eigenvalue weighted by molar-refractivity contribution is 7.91. The highest BCUT2D eigenvalue weighted by Gasteiger charge is 2.44. The molecule has 0 bridgehead atoms. The molecule has 0 radical (unpaired) electrons. The lowest BCUT2D eigenvalue weighted by Gasteiger charge is -2.05. The fourth-order valence-corrected chi connectivity index (χ4v) is 2.83. The van der Waals surface area contributed by atoms with Crippen LogP contribution in [-0.2, 0) is 20.0 Å². The Hall–Kier alpha value is -1.91. The SMILES string of the molecule is Cc1ccc(S(=O)(=O)c2ccc(C)cc2)cc1.O=S(=O)(O)C(F)(F)F. The van der Waals surface area contributed by atoms with E-state index in [0.717, 1.165) is 11.1 Å². The van der Waals surface area contributed by atoms with Crippen LogP contribution in [0, 0.1) is 13.8 Å². The van der Waals surface area contributed by atoms with Crippen molar-refractivity contribution in [3.63, 3.8) is 0 Å². The second kappa shape index (κ2) is 7.54. The molecule has 138 valence electrons. The van der Waals surface area contributed by atoms with Gasteiger partial charge in [-0.05, 0) is 38.1 Å². The van der Waals surface area contributed by atoms with Crippen molar-refractivity contribution in [1.82, 2.24) is 0 Å². The molecule has 0 saturated carbocycles. The van der Waals surface area contributed by atoms with Crippen molar-refractivity contribution in [2.45, 2.75) is 29.1 Å². The van der Waals surface area contributed by atoms with Gasteiger partial charge in [-0.2, -0.15) is 21.6 Å². The summed E-state index contributed by atoms with van der Waals surface area (Å²) in [5.41, 5.74) is -3.44. The van der Waals surface area contributed by atoms with Gasteiger partial charge in [0.05, 0.1) is 9.79 Å². The Bertz CT molecular complexity index is 863. The third-order valence-corrected chi connectivity index (χ3v) is 5.33. The van der Waals surface area contributed by atoms with E-state index < -0.39 is 25.5 Å². The minimum atomic E-state index is -5.84. The van der Waals surface area contributed by atoms with Crippen molar-refractivity contribution in [3.05, 3.63) is 59.7 Å². The van der Waals surface area contributed by atoms with Crippen LogP contribution in [0.1, 0.15) is 11.1 Å². The van der Waals surface area contributed by atoms with Gasteiger partial charge in [0.15, 0.2) is 0 Å². The average Bonchev–Trinajstić information content (AvgIpc) is 2.46. The van der Waals surface area contributed by atoms with Gasteiger partial charge in [-0.25, -0.2) is 8.42 Å². The van der Waals surface area contributed by atoms with Crippen molar-refractivity contribution >= 4 is 20.0 Å². The van der Waals surface area contributed by atoms with E-state index in [2.05, 4.69) is 0 Å². The Kier molecular flexibility index (Phi) is 6.38. The molecule has 0 unspecified atom stereocenters. The summed E-state index contributed by atoms with van der Waals surface area (Å²) in [5.74, 6) is 0. The van der Waals surface area contributed by atoms with Crippen LogP contribution in [0.2, 0.25) is 0 Å². The number of alkyl halides is 3. The molecule has 25 heavy (non-hydrogen) atoms. The first-order valence-corrected chi connectivity index (χ1v) is 9.59. The number of sulfone groups is 1. The molecule has 0 aromatic heterocycles. The highest BCUT2D eigenvalue weighted by atomic mass is 32.2. The molecule has 2 aromatic rings. The molecule has 0 aliphatic carbocycles. The lowest BCUT2D eigenvalue weighted by molar-refractivity contribution is -0.0510. The van der Waals surface area contributed by atoms with Crippen LogP contribution in [0.15, 0.2) is 58.3 Å². The van der Waals surface area contributed by atoms with Gasteiger partial charge in [0.1, 0.15) is 0 Å². The Balaban J connectivity index is 0.000000333. The number of aryl methyl sites for hydroxylation is 2. The summed E-state index contributed by atoms with van der Waals surface area (Å²) in [7, 11) is -9.21. The third-order valence-electron chi connectivity index (χ3n) is 2.96. The second-order valence-electron chi connectivity index (χ2n) is 5.05. The number of hydrogen-bond donors (Lipinski definition) is 1. The van der Waals surface area contributed by atoms with Crippen molar-refractivity contribution in [3.8, 4) is 0 Å². The van der Waals surface area contributed by atoms with Gasteiger partial charge in [-0.15, -0.1) is 0 Å². The molecule has 1 N–H and O–H groups in total. The van der Waals surface area contributed by atoms with Gasteiger partial charge in [0.2, 0.25) is 9.84 Å². The van der Waals surface area contributed by atoms with E-state index in [1.54, 1.807) is 48.5 Å². The monoisotopic (exact) mass is 396 g/mol. The Morgan fingerprint density at radius 1 is 0.720 bits per heavy atom. The van der Waals surface area contributed by atoms with Gasteiger partial charge in [-0.3, -0.25) is 4.55 Å². The van der Waals surface area contributed by atoms with Crippen molar-refractivity contribution < 1.29 is 34.6 Å². The maximum absolute atomic E-state index is 12.3. The van der Waals surface area contributed by atoms with Crippen LogP contribution < -0.4 is 0 Å². The van der Waals surface area contributed by atoms with Crippen LogP contribution in [0.25, 0.3) is 0 Å². The molecule has 0 atom stereocenters. The third kappa shape index (κ3) is 5.83. The molecule has 0 aliphatic heterocycles. The highest BCUT2D eigenvalue weighted by Crippen LogP contribution is 2.21. The predicted octanol–water partition coefficient (Wildman–Crippen LogP) is 3.53. The summed E-state index contributed by atoms with van der Waals surface area (Å²) >= 11 is 0. The molecular weight excluding hydrogens is 381 g/mol. The maximum Gasteiger partial charge on any atom is 0.522 e. The Morgan fingerprint density at radius 3 is 1.16 bits per heavy atom. The van der Waals surface area contributed by atoms with Gasteiger partial charge < -0.3 is 0 Å². The second-order valence-corrected chi connectivity index (χ2v) is 8.41. The normalized spacial score (nSPS) is 12.2. The molecule has 0 aliphatic rings. The van der Waals surface area contributed by atoms with E-state index in [9.17, 15) is 21.6 Å². The number of rotatable bonds is 2. The van der Waals surface area contributed by atoms with Crippen LogP contribution in [-0.4, -0.2) is 26.9 Å². The van der Waals surface area contributed by atoms with E-state index in [-0.39, 0.29) is 0 Å². The lowest BCUT2D eigenvalue weighted by Crippen LogP contribution is -2.21. The number of hydrogen-bond acceptors (Lipinski definition) is 4. The van der Waals surface area contributed by atoms with E-state index in [4.69, 9.17) is 13.0 Å². The van der Waals surface area contributed by atoms with Crippen LogP contribution in [0.4, 0.5) is 13.2 Å². The zero-order valence-corrected chi connectivity index (χ0v) is 14.8. The van der Waals surface area contributed by atoms with E-state index in [0.29, 0.717) is 9.79 Å². The first kappa shape index (κ1) is 21.1.